The molecule has 1 aromatic rings. The van der Waals surface area contributed by atoms with Gasteiger partial charge in [-0.1, -0.05) is 30.3 Å². The van der Waals surface area contributed by atoms with Gasteiger partial charge in [-0.2, -0.15) is 0 Å². The van der Waals surface area contributed by atoms with Crippen molar-refractivity contribution in [3.05, 3.63) is 35.9 Å². The molecule has 0 radical (unpaired) electrons. The summed E-state index contributed by atoms with van der Waals surface area (Å²) in [5, 5.41) is 2.63. The van der Waals surface area contributed by atoms with Crippen molar-refractivity contribution in [1.82, 2.24) is 5.32 Å². The number of ether oxygens (including phenoxy) is 1. The zero-order valence-corrected chi connectivity index (χ0v) is 13.2. The first-order valence-corrected chi connectivity index (χ1v) is 9.20. The van der Waals surface area contributed by atoms with Gasteiger partial charge in [-0.15, -0.1) is 0 Å². The molecule has 7 heteroatoms. The molecule has 2 atom stereocenters. The van der Waals surface area contributed by atoms with Gasteiger partial charge in [0.15, 0.2) is 9.84 Å². The molecule has 1 aromatic carbocycles. The Morgan fingerprint density at radius 2 is 2.00 bits per heavy atom. The van der Waals surface area contributed by atoms with Gasteiger partial charge in [-0.05, 0) is 18.4 Å². The van der Waals surface area contributed by atoms with E-state index in [1.165, 1.54) is 0 Å². The predicted octanol–water partition coefficient (Wildman–Crippen LogP) is 0.224. The normalized spacial score (nSPS) is 21.7. The van der Waals surface area contributed by atoms with Crippen LogP contribution in [0.5, 0.6) is 0 Å². The Bertz CT molecular complexity index is 589. The molecule has 0 saturated carbocycles. The summed E-state index contributed by atoms with van der Waals surface area (Å²) >= 11 is 0. The molecule has 2 rings (SSSR count). The van der Waals surface area contributed by atoms with Gasteiger partial charge < -0.3 is 15.8 Å². The van der Waals surface area contributed by atoms with Crippen LogP contribution < -0.4 is 11.1 Å². The molecule has 1 heterocycles. The monoisotopic (exact) mass is 326 g/mol. The number of hydrogen-bond acceptors (Lipinski definition) is 5. The van der Waals surface area contributed by atoms with Crippen molar-refractivity contribution < 1.29 is 17.9 Å². The number of hydrogen-bond donors (Lipinski definition) is 2. The van der Waals surface area contributed by atoms with E-state index in [1.807, 2.05) is 6.07 Å². The van der Waals surface area contributed by atoms with E-state index >= 15 is 0 Å². The SMILES string of the molecule is NC[C@H]1CC[C@@H](C(=O)NCCS(=O)(=O)Cc2ccccc2)O1. The fourth-order valence-electron chi connectivity index (χ4n) is 2.42. The van der Waals surface area contributed by atoms with Crippen LogP contribution in [0.4, 0.5) is 0 Å². The van der Waals surface area contributed by atoms with Gasteiger partial charge in [0.25, 0.3) is 0 Å². The Kier molecular flexibility index (Phi) is 5.93. The van der Waals surface area contributed by atoms with Gasteiger partial charge in [0, 0.05) is 13.1 Å². The van der Waals surface area contributed by atoms with E-state index < -0.39 is 15.9 Å². The minimum atomic E-state index is -3.24. The second-order valence-corrected chi connectivity index (χ2v) is 7.61. The van der Waals surface area contributed by atoms with Gasteiger partial charge in [-0.25, -0.2) is 8.42 Å². The lowest BCUT2D eigenvalue weighted by atomic mass is 10.2. The van der Waals surface area contributed by atoms with Crippen LogP contribution in [0.15, 0.2) is 30.3 Å². The third kappa shape index (κ3) is 5.08. The van der Waals surface area contributed by atoms with Crippen molar-refractivity contribution in [2.75, 3.05) is 18.8 Å². The van der Waals surface area contributed by atoms with Crippen molar-refractivity contribution in [1.29, 1.82) is 0 Å². The second-order valence-electron chi connectivity index (χ2n) is 5.43. The highest BCUT2D eigenvalue weighted by Crippen LogP contribution is 2.18. The molecule has 122 valence electrons. The summed E-state index contributed by atoms with van der Waals surface area (Å²) in [7, 11) is -3.24. The standard InChI is InChI=1S/C15H22N2O4S/c16-10-13-6-7-14(21-13)15(18)17-8-9-22(19,20)11-12-4-2-1-3-5-12/h1-5,13-14H,6-11,16H2,(H,17,18)/t13-,14+/m1/s1. The first-order chi connectivity index (χ1) is 10.5. The van der Waals surface area contributed by atoms with Crippen LogP contribution in [-0.4, -0.2) is 45.4 Å². The minimum absolute atomic E-state index is 0.0150. The van der Waals surface area contributed by atoms with Gasteiger partial charge in [0.2, 0.25) is 5.91 Å². The maximum absolute atomic E-state index is 12.0. The number of nitrogens with two attached hydrogens (primary N) is 1. The highest BCUT2D eigenvalue weighted by atomic mass is 32.2. The average Bonchev–Trinajstić information content (AvgIpc) is 2.96. The first-order valence-electron chi connectivity index (χ1n) is 7.38. The fraction of sp³-hybridized carbons (Fsp3) is 0.533. The molecule has 22 heavy (non-hydrogen) atoms. The minimum Gasteiger partial charge on any atom is -0.364 e. The quantitative estimate of drug-likeness (QED) is 0.747. The third-order valence-electron chi connectivity index (χ3n) is 3.60. The van der Waals surface area contributed by atoms with Gasteiger partial charge in [-0.3, -0.25) is 4.79 Å². The summed E-state index contributed by atoms with van der Waals surface area (Å²) in [5.74, 6) is -0.356. The van der Waals surface area contributed by atoms with E-state index in [1.54, 1.807) is 24.3 Å². The van der Waals surface area contributed by atoms with Crippen molar-refractivity contribution in [3.63, 3.8) is 0 Å². The van der Waals surface area contributed by atoms with E-state index in [0.717, 1.165) is 12.0 Å². The Morgan fingerprint density at radius 1 is 1.27 bits per heavy atom. The largest absolute Gasteiger partial charge is 0.364 e. The molecule has 1 saturated heterocycles. The van der Waals surface area contributed by atoms with Crippen LogP contribution in [0.3, 0.4) is 0 Å². The number of nitrogens with one attached hydrogen (secondary N) is 1. The Hall–Kier alpha value is -1.44. The Balaban J connectivity index is 1.74. The Morgan fingerprint density at radius 3 is 2.64 bits per heavy atom. The van der Waals surface area contributed by atoms with Crippen molar-refractivity contribution in [2.45, 2.75) is 30.8 Å². The molecule has 1 fully saturated rings. The second kappa shape index (κ2) is 7.71. The van der Waals surface area contributed by atoms with Crippen LogP contribution in [0.1, 0.15) is 18.4 Å². The van der Waals surface area contributed by atoms with E-state index in [4.69, 9.17) is 10.5 Å². The molecule has 1 amide bonds. The first kappa shape index (κ1) is 16.9. The van der Waals surface area contributed by atoms with Crippen molar-refractivity contribution in [2.24, 2.45) is 5.73 Å². The lowest BCUT2D eigenvalue weighted by Gasteiger charge is -2.12. The molecule has 0 unspecified atom stereocenters. The van der Waals surface area contributed by atoms with Gasteiger partial charge in [0.1, 0.15) is 6.10 Å². The van der Waals surface area contributed by atoms with Crippen LogP contribution in [0, 0.1) is 0 Å². The number of carbonyl (C=O) groups is 1. The molecule has 0 aliphatic carbocycles. The Labute approximate surface area is 131 Å². The molecule has 3 N–H and O–H groups in total. The molecular weight excluding hydrogens is 304 g/mol. The highest BCUT2D eigenvalue weighted by Gasteiger charge is 2.29. The lowest BCUT2D eigenvalue weighted by molar-refractivity contribution is -0.131. The topological polar surface area (TPSA) is 98.5 Å². The smallest absolute Gasteiger partial charge is 0.249 e. The number of amides is 1. The van der Waals surface area contributed by atoms with Crippen LogP contribution in [-0.2, 0) is 25.1 Å². The maximum atomic E-state index is 12.0. The number of rotatable bonds is 7. The molecular formula is C15H22N2O4S. The van der Waals surface area contributed by atoms with E-state index in [-0.39, 0.29) is 30.1 Å². The summed E-state index contributed by atoms with van der Waals surface area (Å²) < 4.78 is 29.5. The molecule has 0 aromatic heterocycles. The average molecular weight is 326 g/mol. The van der Waals surface area contributed by atoms with Crippen molar-refractivity contribution in [3.8, 4) is 0 Å². The number of carbonyl (C=O) groups excluding carboxylic acids is 1. The molecule has 0 spiro atoms. The third-order valence-corrected chi connectivity index (χ3v) is 5.20. The molecule has 1 aliphatic rings. The zero-order valence-electron chi connectivity index (χ0n) is 12.4. The van der Waals surface area contributed by atoms with E-state index in [2.05, 4.69) is 5.32 Å². The fourth-order valence-corrected chi connectivity index (χ4v) is 3.67. The summed E-state index contributed by atoms with van der Waals surface area (Å²) in [4.78, 5) is 11.9. The van der Waals surface area contributed by atoms with Crippen molar-refractivity contribution >= 4 is 15.7 Å². The van der Waals surface area contributed by atoms with Crippen LogP contribution in [0.2, 0.25) is 0 Å². The maximum Gasteiger partial charge on any atom is 0.249 e. The van der Waals surface area contributed by atoms with E-state index in [9.17, 15) is 13.2 Å². The summed E-state index contributed by atoms with van der Waals surface area (Å²) in [6, 6.07) is 8.99. The van der Waals surface area contributed by atoms with Crippen LogP contribution >= 0.6 is 0 Å². The summed E-state index contributed by atoms with van der Waals surface area (Å²) in [6.45, 7) is 0.496. The molecule has 6 nitrogen and oxygen atoms in total. The summed E-state index contributed by atoms with van der Waals surface area (Å²) in [6.07, 6.45) is 0.814. The summed E-state index contributed by atoms with van der Waals surface area (Å²) in [5.41, 5.74) is 6.24. The predicted molar refractivity (Wildman–Crippen MR) is 83.9 cm³/mol. The number of sulfone groups is 1. The zero-order chi connectivity index (χ0) is 16.0. The van der Waals surface area contributed by atoms with Gasteiger partial charge in [0.05, 0.1) is 17.6 Å². The highest BCUT2D eigenvalue weighted by molar-refractivity contribution is 7.90. The van der Waals surface area contributed by atoms with Gasteiger partial charge >= 0.3 is 0 Å². The van der Waals surface area contributed by atoms with E-state index in [0.29, 0.717) is 13.0 Å². The van der Waals surface area contributed by atoms with Crippen LogP contribution in [0.25, 0.3) is 0 Å². The lowest BCUT2D eigenvalue weighted by Crippen LogP contribution is -2.38. The molecule has 1 aliphatic heterocycles. The molecule has 0 bridgehead atoms. The number of benzene rings is 1.